The summed E-state index contributed by atoms with van der Waals surface area (Å²) in [5, 5.41) is 10.0. The van der Waals surface area contributed by atoms with E-state index >= 15 is 0 Å². The third-order valence-corrected chi connectivity index (χ3v) is 5.84. The van der Waals surface area contributed by atoms with Crippen molar-refractivity contribution in [1.29, 1.82) is 0 Å². The molecule has 0 atom stereocenters. The number of rotatable bonds is 7. The predicted molar refractivity (Wildman–Crippen MR) is 119 cm³/mol. The van der Waals surface area contributed by atoms with Crippen LogP contribution in [0.5, 0.6) is 0 Å². The number of hydrogen-bond acceptors (Lipinski definition) is 6. The summed E-state index contributed by atoms with van der Waals surface area (Å²) in [4.78, 5) is 4.94. The summed E-state index contributed by atoms with van der Waals surface area (Å²) in [5.41, 5.74) is 6.85. The molecule has 6 nitrogen and oxygen atoms in total. The first-order valence-corrected chi connectivity index (χ1v) is 9.97. The van der Waals surface area contributed by atoms with Gasteiger partial charge < -0.3 is 15.2 Å². The van der Waals surface area contributed by atoms with Crippen LogP contribution in [0.4, 0.5) is 5.69 Å². The highest BCUT2D eigenvalue weighted by molar-refractivity contribution is 7.99. The highest BCUT2D eigenvalue weighted by atomic mass is 35.5. The van der Waals surface area contributed by atoms with Gasteiger partial charge in [-0.05, 0) is 31.2 Å². The molecule has 1 aliphatic rings. The van der Waals surface area contributed by atoms with Crippen LogP contribution in [0.15, 0.2) is 29.4 Å². The van der Waals surface area contributed by atoms with Gasteiger partial charge >= 0.3 is 0 Å². The molecule has 2 N–H and O–H groups in total. The van der Waals surface area contributed by atoms with Gasteiger partial charge in [0.15, 0.2) is 5.16 Å². The molecule has 10 heteroatoms. The van der Waals surface area contributed by atoms with Gasteiger partial charge in [-0.3, -0.25) is 4.90 Å². The quantitative estimate of drug-likeness (QED) is 0.513. The van der Waals surface area contributed by atoms with E-state index < -0.39 is 0 Å². The first-order valence-electron chi connectivity index (χ1n) is 8.61. The average Bonchev–Trinajstić information content (AvgIpc) is 2.99. The molecule has 0 saturated carbocycles. The van der Waals surface area contributed by atoms with Crippen LogP contribution < -0.4 is 10.6 Å². The zero-order valence-corrected chi connectivity index (χ0v) is 18.6. The average molecular weight is 454 g/mol. The Morgan fingerprint density at radius 2 is 1.89 bits per heavy atom. The summed E-state index contributed by atoms with van der Waals surface area (Å²) in [6.07, 6.45) is 1.15. The van der Waals surface area contributed by atoms with Gasteiger partial charge in [-0.1, -0.05) is 29.4 Å². The molecule has 0 radical (unpaired) electrons. The topological polar surface area (TPSA) is 63.2 Å². The first-order chi connectivity index (χ1) is 12.2. The monoisotopic (exact) mass is 452 g/mol. The minimum absolute atomic E-state index is 0. The van der Waals surface area contributed by atoms with Crippen molar-refractivity contribution in [2.75, 3.05) is 43.4 Å². The van der Waals surface area contributed by atoms with Crippen molar-refractivity contribution in [3.8, 4) is 0 Å². The molecule has 1 saturated heterocycles. The van der Waals surface area contributed by atoms with Crippen molar-refractivity contribution >= 4 is 53.9 Å². The number of piperazine rings is 1. The number of hydrogen-bond donors (Lipinski definition) is 1. The van der Waals surface area contributed by atoms with E-state index in [9.17, 15) is 0 Å². The van der Waals surface area contributed by atoms with E-state index in [2.05, 4.69) is 26.1 Å². The maximum absolute atomic E-state index is 6.09. The number of halogens is 3. The number of nitrogens with zero attached hydrogens (tertiary/aromatic N) is 5. The molecule has 1 aromatic heterocycles. The zero-order valence-electron chi connectivity index (χ0n) is 15.4. The second-order valence-electron chi connectivity index (χ2n) is 6.17. The van der Waals surface area contributed by atoms with Gasteiger partial charge in [-0.15, -0.1) is 35.0 Å². The summed E-state index contributed by atoms with van der Waals surface area (Å²) in [7, 11) is 1.97. The molecule has 1 aliphatic heterocycles. The maximum atomic E-state index is 6.09. The number of nitrogens with two attached hydrogens (primary N) is 1. The Labute approximate surface area is 182 Å². The molecule has 152 valence electrons. The van der Waals surface area contributed by atoms with E-state index in [-0.39, 0.29) is 24.8 Å². The Kier molecular flexibility index (Phi) is 10.8. The van der Waals surface area contributed by atoms with Crippen LogP contribution in [0, 0.1) is 0 Å². The van der Waals surface area contributed by atoms with E-state index in [1.165, 1.54) is 5.69 Å². The van der Waals surface area contributed by atoms with Gasteiger partial charge in [0, 0.05) is 49.7 Å². The molecule has 2 aromatic rings. The zero-order chi connectivity index (χ0) is 17.6. The third-order valence-electron chi connectivity index (χ3n) is 4.50. The minimum Gasteiger partial charge on any atom is -0.369 e. The van der Waals surface area contributed by atoms with E-state index in [4.69, 9.17) is 17.3 Å². The highest BCUT2D eigenvalue weighted by Gasteiger charge is 2.17. The standard InChI is InChI=1S/C17H25ClN6S.2ClH/c1-22-16(13-19)20-21-17(22)25-11-3-6-23-7-9-24(10-8-23)15-5-2-4-14(18)12-15;;/h2,4-5,12H,3,6-11,13,19H2,1H3;2*1H. The van der Waals surface area contributed by atoms with Gasteiger partial charge in [0.25, 0.3) is 0 Å². The number of benzene rings is 1. The van der Waals surface area contributed by atoms with Crippen LogP contribution in [-0.2, 0) is 13.6 Å². The first kappa shape index (κ1) is 24.3. The van der Waals surface area contributed by atoms with Gasteiger partial charge in [-0.25, -0.2) is 0 Å². The summed E-state index contributed by atoms with van der Waals surface area (Å²) in [6.45, 7) is 5.85. The molecular formula is C17H27Cl3N6S. The fourth-order valence-electron chi connectivity index (χ4n) is 3.00. The lowest BCUT2D eigenvalue weighted by Gasteiger charge is -2.36. The molecule has 2 heterocycles. The Morgan fingerprint density at radius 3 is 2.52 bits per heavy atom. The minimum atomic E-state index is 0. The molecule has 1 fully saturated rings. The predicted octanol–water partition coefficient (Wildman–Crippen LogP) is 3.08. The maximum Gasteiger partial charge on any atom is 0.190 e. The van der Waals surface area contributed by atoms with E-state index in [1.54, 1.807) is 11.8 Å². The van der Waals surface area contributed by atoms with Crippen molar-refractivity contribution in [3.63, 3.8) is 0 Å². The molecule has 27 heavy (non-hydrogen) atoms. The third kappa shape index (κ3) is 6.69. The van der Waals surface area contributed by atoms with Crippen molar-refractivity contribution < 1.29 is 0 Å². The van der Waals surface area contributed by atoms with Crippen LogP contribution in [0.25, 0.3) is 0 Å². The number of aromatic nitrogens is 3. The van der Waals surface area contributed by atoms with Gasteiger partial charge in [0.2, 0.25) is 0 Å². The van der Waals surface area contributed by atoms with Gasteiger partial charge in [-0.2, -0.15) is 0 Å². The van der Waals surface area contributed by atoms with Crippen LogP contribution in [0.1, 0.15) is 12.2 Å². The summed E-state index contributed by atoms with van der Waals surface area (Å²) in [5.74, 6) is 1.88. The largest absolute Gasteiger partial charge is 0.369 e. The molecular weight excluding hydrogens is 427 g/mol. The second-order valence-corrected chi connectivity index (χ2v) is 7.67. The molecule has 0 amide bonds. The summed E-state index contributed by atoms with van der Waals surface area (Å²) in [6, 6.07) is 8.12. The van der Waals surface area contributed by atoms with Gasteiger partial charge in [0.05, 0.1) is 6.54 Å². The number of anilines is 1. The molecule has 0 bridgehead atoms. The van der Waals surface area contributed by atoms with Crippen LogP contribution in [-0.4, -0.2) is 58.1 Å². The molecule has 0 spiro atoms. The normalized spacial score (nSPS) is 14.6. The number of thioether (sulfide) groups is 1. The fourth-order valence-corrected chi connectivity index (χ4v) is 4.04. The smallest absolute Gasteiger partial charge is 0.190 e. The summed E-state index contributed by atoms with van der Waals surface area (Å²) >= 11 is 7.84. The second kappa shape index (κ2) is 12.0. The van der Waals surface area contributed by atoms with Crippen LogP contribution >= 0.6 is 48.2 Å². The Morgan fingerprint density at radius 1 is 1.15 bits per heavy atom. The molecule has 1 aromatic carbocycles. The fraction of sp³-hybridized carbons (Fsp3) is 0.529. The van der Waals surface area contributed by atoms with E-state index in [0.29, 0.717) is 6.54 Å². The van der Waals surface area contributed by atoms with Crippen molar-refractivity contribution in [2.24, 2.45) is 12.8 Å². The van der Waals surface area contributed by atoms with Gasteiger partial charge in [0.1, 0.15) is 5.82 Å². The summed E-state index contributed by atoms with van der Waals surface area (Å²) < 4.78 is 1.98. The molecule has 3 rings (SSSR count). The van der Waals surface area contributed by atoms with E-state index in [0.717, 1.165) is 60.9 Å². The lowest BCUT2D eigenvalue weighted by molar-refractivity contribution is 0.259. The Hall–Kier alpha value is -0.700. The Balaban J connectivity index is 0.00000182. The molecule has 0 unspecified atom stereocenters. The SMILES string of the molecule is Cl.Cl.Cn1c(CN)nnc1SCCCN1CCN(c2cccc(Cl)c2)CC1. The van der Waals surface area contributed by atoms with E-state index in [1.807, 2.05) is 29.8 Å². The van der Waals surface area contributed by atoms with Crippen molar-refractivity contribution in [2.45, 2.75) is 18.1 Å². The van der Waals surface area contributed by atoms with Crippen LogP contribution in [0.2, 0.25) is 5.02 Å². The highest BCUT2D eigenvalue weighted by Crippen LogP contribution is 2.21. The van der Waals surface area contributed by atoms with Crippen LogP contribution in [0.3, 0.4) is 0 Å². The van der Waals surface area contributed by atoms with Crippen molar-refractivity contribution in [3.05, 3.63) is 35.1 Å². The molecule has 0 aliphatic carbocycles. The lowest BCUT2D eigenvalue weighted by atomic mass is 10.2. The lowest BCUT2D eigenvalue weighted by Crippen LogP contribution is -2.46. The van der Waals surface area contributed by atoms with Crippen molar-refractivity contribution in [1.82, 2.24) is 19.7 Å². The Bertz CT molecular complexity index is 691.